The summed E-state index contributed by atoms with van der Waals surface area (Å²) in [6, 6.07) is 19.4. The summed E-state index contributed by atoms with van der Waals surface area (Å²) in [5.41, 5.74) is 6.63. The summed E-state index contributed by atoms with van der Waals surface area (Å²) in [7, 11) is 0. The van der Waals surface area contributed by atoms with E-state index in [9.17, 15) is 0 Å². The molecule has 0 bridgehead atoms. The summed E-state index contributed by atoms with van der Waals surface area (Å²) in [4.78, 5) is 8.46. The number of thiophene rings is 6. The lowest BCUT2D eigenvalue weighted by molar-refractivity contribution is 0.699. The molecule has 6 heteroatoms. The van der Waals surface area contributed by atoms with Gasteiger partial charge < -0.3 is 0 Å². The molecule has 0 nitrogen and oxygen atoms in total. The van der Waals surface area contributed by atoms with Gasteiger partial charge in [0.15, 0.2) is 0 Å². The molecule has 2 aromatic carbocycles. The largest absolute Gasteiger partial charge is 0.143 e. The number of hydrogen-bond donors (Lipinski definition) is 0. The van der Waals surface area contributed by atoms with Crippen molar-refractivity contribution in [3.63, 3.8) is 0 Å². The van der Waals surface area contributed by atoms with Crippen molar-refractivity contribution in [2.75, 3.05) is 0 Å². The molecule has 0 fully saturated rings. The number of benzene rings is 2. The maximum absolute atomic E-state index is 2.53. The number of aryl methyl sites for hydroxylation is 4. The van der Waals surface area contributed by atoms with Gasteiger partial charge in [0.25, 0.3) is 0 Å². The third-order valence-electron chi connectivity index (χ3n) is 11.3. The van der Waals surface area contributed by atoms with Gasteiger partial charge in [0.05, 0.1) is 0 Å². The Balaban J connectivity index is 1.13. The second-order valence-electron chi connectivity index (χ2n) is 15.1. The molecule has 54 heavy (non-hydrogen) atoms. The summed E-state index contributed by atoms with van der Waals surface area (Å²) >= 11 is 12.0. The Hall–Kier alpha value is -2.32. The fraction of sp³-hybridized carbons (Fsp3) is 0.417. The fourth-order valence-corrected chi connectivity index (χ4v) is 15.2. The van der Waals surface area contributed by atoms with Crippen molar-refractivity contribution in [3.8, 4) is 29.3 Å². The lowest BCUT2D eigenvalue weighted by atomic mass is 9.94. The summed E-state index contributed by atoms with van der Waals surface area (Å²) < 4.78 is 6.21. The predicted octanol–water partition coefficient (Wildman–Crippen LogP) is 18.6. The van der Waals surface area contributed by atoms with E-state index < -0.39 is 0 Å². The Morgan fingerprint density at radius 1 is 0.333 bits per heavy atom. The number of unbranched alkanes of at least 4 members (excludes halogenated alkanes) is 8. The average molecular weight is 823 g/mol. The molecule has 0 unspecified atom stereocenters. The van der Waals surface area contributed by atoms with Crippen LogP contribution in [-0.4, -0.2) is 0 Å². The Kier molecular flexibility index (Phi) is 12.8. The lowest BCUT2D eigenvalue weighted by Crippen LogP contribution is -1.97. The minimum absolute atomic E-state index is 1.21. The van der Waals surface area contributed by atoms with Crippen molar-refractivity contribution < 1.29 is 0 Å². The van der Waals surface area contributed by atoms with Crippen LogP contribution in [0.15, 0.2) is 59.3 Å². The van der Waals surface area contributed by atoms with Gasteiger partial charge in [-0.1, -0.05) is 79.1 Å². The third-order valence-corrected chi connectivity index (χ3v) is 18.4. The number of rotatable bonds is 19. The van der Waals surface area contributed by atoms with E-state index in [0.717, 1.165) is 0 Å². The second-order valence-corrected chi connectivity index (χ2v) is 21.2. The Morgan fingerprint density at radius 3 is 1.02 bits per heavy atom. The van der Waals surface area contributed by atoms with E-state index in [1.54, 1.807) is 41.1 Å². The topological polar surface area (TPSA) is 0 Å². The van der Waals surface area contributed by atoms with Crippen LogP contribution in [0.25, 0.3) is 69.6 Å². The van der Waals surface area contributed by atoms with E-state index in [0.29, 0.717) is 0 Å². The minimum atomic E-state index is 1.21. The van der Waals surface area contributed by atoms with Crippen LogP contribution in [0.2, 0.25) is 0 Å². The second kappa shape index (κ2) is 17.9. The first-order valence-corrected chi connectivity index (χ1v) is 25.8. The molecule has 8 aromatic rings. The molecular weight excluding hydrogens is 769 g/mol. The van der Waals surface area contributed by atoms with Crippen LogP contribution in [0.3, 0.4) is 0 Å². The smallest absolute Gasteiger partial charge is 0.0455 e. The normalized spacial score (nSPS) is 12.1. The van der Waals surface area contributed by atoms with Gasteiger partial charge in [-0.15, -0.1) is 68.0 Å². The number of fused-ring (bicyclic) bond motifs is 6. The summed E-state index contributed by atoms with van der Waals surface area (Å²) in [6.07, 6.45) is 20.4. The van der Waals surface area contributed by atoms with Gasteiger partial charge in [-0.2, -0.15) is 0 Å². The molecule has 0 aliphatic heterocycles. The molecule has 0 radical (unpaired) electrons. The quantitative estimate of drug-likeness (QED) is 0.0713. The Bertz CT molecular complexity index is 2290. The highest BCUT2D eigenvalue weighted by molar-refractivity contribution is 7.30. The molecular formula is C48H54S6. The predicted molar refractivity (Wildman–Crippen MR) is 253 cm³/mol. The maximum atomic E-state index is 2.53. The maximum Gasteiger partial charge on any atom is 0.0455 e. The van der Waals surface area contributed by atoms with Gasteiger partial charge in [-0.3, -0.25) is 0 Å². The van der Waals surface area contributed by atoms with Crippen LogP contribution in [0.1, 0.15) is 127 Å². The highest BCUT2D eigenvalue weighted by atomic mass is 32.1. The molecule has 0 spiro atoms. The van der Waals surface area contributed by atoms with Crippen LogP contribution in [0.5, 0.6) is 0 Å². The van der Waals surface area contributed by atoms with Crippen molar-refractivity contribution in [2.24, 2.45) is 0 Å². The summed E-state index contributed by atoms with van der Waals surface area (Å²) in [5.74, 6) is 0. The van der Waals surface area contributed by atoms with E-state index in [4.69, 9.17) is 0 Å². The Labute approximate surface area is 346 Å². The number of hydrogen-bond acceptors (Lipinski definition) is 6. The molecule has 0 aliphatic rings. The van der Waals surface area contributed by atoms with Crippen molar-refractivity contribution in [2.45, 2.75) is 130 Å². The first-order chi connectivity index (χ1) is 26.6. The Morgan fingerprint density at radius 2 is 0.667 bits per heavy atom. The highest BCUT2D eigenvalue weighted by Crippen LogP contribution is 2.49. The van der Waals surface area contributed by atoms with Crippen LogP contribution in [0, 0.1) is 0 Å². The third kappa shape index (κ3) is 7.70. The zero-order valence-electron chi connectivity index (χ0n) is 32.5. The van der Waals surface area contributed by atoms with Crippen LogP contribution < -0.4 is 0 Å². The van der Waals surface area contributed by atoms with Crippen molar-refractivity contribution in [1.82, 2.24) is 0 Å². The summed E-state index contributed by atoms with van der Waals surface area (Å²) in [6.45, 7) is 9.31. The van der Waals surface area contributed by atoms with E-state index in [1.165, 1.54) is 154 Å². The summed E-state index contributed by atoms with van der Waals surface area (Å²) in [5, 5.41) is 10.6. The molecule has 6 heterocycles. The highest BCUT2D eigenvalue weighted by Gasteiger charge is 2.21. The van der Waals surface area contributed by atoms with E-state index in [1.807, 2.05) is 45.3 Å². The van der Waals surface area contributed by atoms with Crippen molar-refractivity contribution in [3.05, 3.63) is 81.5 Å². The van der Waals surface area contributed by atoms with Gasteiger partial charge in [-0.25, -0.2) is 0 Å². The van der Waals surface area contributed by atoms with Gasteiger partial charge in [-0.05, 0) is 133 Å². The zero-order valence-corrected chi connectivity index (χ0v) is 37.4. The van der Waals surface area contributed by atoms with Crippen molar-refractivity contribution >= 4 is 108 Å². The molecule has 0 N–H and O–H groups in total. The van der Waals surface area contributed by atoms with Crippen LogP contribution >= 0.6 is 68.0 Å². The SMILES string of the molecule is CCCCCc1c(CCCCC)c2sc(-c3ccc(-c4ccc(-c5cc6c(s5)c(CCCCC)c(CCCCC)c5sccc56)s4)s3)cc2c2ccsc12. The molecule has 0 atom stereocenters. The van der Waals surface area contributed by atoms with E-state index >= 15 is 0 Å². The monoisotopic (exact) mass is 822 g/mol. The average Bonchev–Trinajstić information content (AvgIpc) is 4.02. The molecule has 0 saturated heterocycles. The molecule has 0 aliphatic carbocycles. The van der Waals surface area contributed by atoms with Gasteiger partial charge in [0.1, 0.15) is 0 Å². The van der Waals surface area contributed by atoms with E-state index in [2.05, 4.69) is 110 Å². The minimum Gasteiger partial charge on any atom is -0.143 e. The lowest BCUT2D eigenvalue weighted by Gasteiger charge is -2.13. The molecule has 6 aromatic heterocycles. The first kappa shape index (κ1) is 38.5. The zero-order chi connectivity index (χ0) is 37.0. The van der Waals surface area contributed by atoms with Crippen LogP contribution in [0.4, 0.5) is 0 Å². The molecule has 0 amide bonds. The standard InChI is InChI=1S/C48H54S6/c1-5-9-13-17-31-33(19-15-11-7-3)47-37(35-25-27-49-45(31)35)29-43(53-47)41-23-21-39(51-41)40-22-24-42(52-40)44-30-38-36-26-28-50-46(36)32(18-14-10-6-2)34(48(38)54-44)20-16-12-8-4/h21-30H,5-20H2,1-4H3. The first-order valence-electron chi connectivity index (χ1n) is 20.7. The van der Waals surface area contributed by atoms with Gasteiger partial charge in [0, 0.05) is 69.6 Å². The fourth-order valence-electron chi connectivity index (χ4n) is 8.40. The van der Waals surface area contributed by atoms with Gasteiger partial charge >= 0.3 is 0 Å². The molecule has 0 saturated carbocycles. The van der Waals surface area contributed by atoms with E-state index in [-0.39, 0.29) is 0 Å². The van der Waals surface area contributed by atoms with Crippen molar-refractivity contribution in [1.29, 1.82) is 0 Å². The van der Waals surface area contributed by atoms with Crippen LogP contribution in [-0.2, 0) is 25.7 Å². The molecule has 282 valence electrons. The molecule has 8 rings (SSSR count). The van der Waals surface area contributed by atoms with Gasteiger partial charge in [0.2, 0.25) is 0 Å².